The van der Waals surface area contributed by atoms with Gasteiger partial charge in [-0.1, -0.05) is 6.07 Å². The van der Waals surface area contributed by atoms with Crippen molar-refractivity contribution < 1.29 is 41.0 Å². The number of hydrogen-bond acceptors (Lipinski definition) is 7. The molecule has 2 fully saturated rings. The van der Waals surface area contributed by atoms with Crippen LogP contribution in [0.5, 0.6) is 11.5 Å². The summed E-state index contributed by atoms with van der Waals surface area (Å²) in [5.41, 5.74) is 6.13. The third-order valence-corrected chi connectivity index (χ3v) is 6.93. The van der Waals surface area contributed by atoms with Crippen LogP contribution in [0.15, 0.2) is 40.8 Å². The van der Waals surface area contributed by atoms with E-state index in [-0.39, 0.29) is 65.2 Å². The Labute approximate surface area is 250 Å². The molecule has 4 N–H and O–H groups in total. The van der Waals surface area contributed by atoms with Crippen LogP contribution in [-0.4, -0.2) is 36.6 Å². The topological polar surface area (TPSA) is 129 Å². The molecule has 0 saturated heterocycles. The first-order chi connectivity index (χ1) is 20.1. The lowest BCUT2D eigenvalue weighted by Gasteiger charge is -2.20. The Morgan fingerprint density at radius 1 is 1.09 bits per heavy atom. The maximum atomic E-state index is 14.7. The van der Waals surface area contributed by atoms with Gasteiger partial charge in [0.1, 0.15) is 11.6 Å². The van der Waals surface area contributed by atoms with Gasteiger partial charge in [-0.3, -0.25) is 9.59 Å². The summed E-state index contributed by atoms with van der Waals surface area (Å²) in [7, 11) is 0. The molecular formula is C29H31ClF4N4O5. The molecular weight excluding hydrogens is 596 g/mol. The lowest BCUT2D eigenvalue weighted by molar-refractivity contribution is -0.122. The van der Waals surface area contributed by atoms with Crippen LogP contribution in [-0.2, 0) is 4.79 Å². The van der Waals surface area contributed by atoms with E-state index in [2.05, 4.69) is 20.4 Å². The monoisotopic (exact) mass is 626 g/mol. The Bertz CT molecular complexity index is 1460. The van der Waals surface area contributed by atoms with Crippen molar-refractivity contribution in [1.29, 1.82) is 0 Å². The van der Waals surface area contributed by atoms with Crippen LogP contribution in [0.1, 0.15) is 66.5 Å². The van der Waals surface area contributed by atoms with Crippen LogP contribution in [0.4, 0.5) is 17.6 Å². The number of nitrogens with zero attached hydrogens (tertiary/aromatic N) is 1. The minimum absolute atomic E-state index is 0. The summed E-state index contributed by atoms with van der Waals surface area (Å²) >= 11 is 0. The normalized spacial score (nSPS) is 15.8. The van der Waals surface area contributed by atoms with Gasteiger partial charge in [0.05, 0.1) is 18.7 Å². The molecule has 0 spiro atoms. The number of nitrogens with one attached hydrogen (secondary N) is 2. The maximum absolute atomic E-state index is 14.7. The van der Waals surface area contributed by atoms with Crippen molar-refractivity contribution in [2.75, 3.05) is 13.2 Å². The summed E-state index contributed by atoms with van der Waals surface area (Å²) < 4.78 is 70.3. The second-order valence-corrected chi connectivity index (χ2v) is 10.5. The van der Waals surface area contributed by atoms with Crippen LogP contribution in [0.25, 0.3) is 11.5 Å². The molecule has 43 heavy (non-hydrogen) atoms. The number of carbonyl (C=O) groups excluding carboxylic acids is 2. The predicted molar refractivity (Wildman–Crippen MR) is 149 cm³/mol. The average molecular weight is 627 g/mol. The Morgan fingerprint density at radius 3 is 2.47 bits per heavy atom. The number of hydrogen-bond donors (Lipinski definition) is 3. The van der Waals surface area contributed by atoms with E-state index in [4.69, 9.17) is 14.9 Å². The van der Waals surface area contributed by atoms with E-state index in [0.29, 0.717) is 24.2 Å². The van der Waals surface area contributed by atoms with Gasteiger partial charge in [0, 0.05) is 29.7 Å². The van der Waals surface area contributed by atoms with E-state index in [9.17, 15) is 27.2 Å². The lowest BCUT2D eigenvalue weighted by Crippen LogP contribution is -2.39. The van der Waals surface area contributed by atoms with E-state index in [1.807, 2.05) is 0 Å². The number of oxazole rings is 1. The van der Waals surface area contributed by atoms with Crippen molar-refractivity contribution in [2.24, 2.45) is 17.6 Å². The largest absolute Gasteiger partial charge is 0.489 e. The highest BCUT2D eigenvalue weighted by atomic mass is 35.5. The lowest BCUT2D eigenvalue weighted by atomic mass is 10.0. The van der Waals surface area contributed by atoms with Crippen LogP contribution in [0.2, 0.25) is 0 Å². The SMILES string of the molecule is C[C@H](N)c1oc(-c2ccc(OC(F)F)c(OCC3CC3)c2)nc1C(=O)N[C@@H](CNC(=O)C1CC1)c1ccc(F)cc1F.Cl. The molecule has 14 heteroatoms. The first-order valence-corrected chi connectivity index (χ1v) is 13.6. The summed E-state index contributed by atoms with van der Waals surface area (Å²) in [6.07, 6.45) is 3.45. The zero-order valence-electron chi connectivity index (χ0n) is 23.1. The molecule has 3 aromatic rings. The smallest absolute Gasteiger partial charge is 0.387 e. The van der Waals surface area contributed by atoms with Crippen molar-refractivity contribution in [3.8, 4) is 23.0 Å². The molecule has 0 bridgehead atoms. The minimum atomic E-state index is -3.06. The molecule has 2 aliphatic rings. The minimum Gasteiger partial charge on any atom is -0.489 e. The van der Waals surface area contributed by atoms with Gasteiger partial charge in [-0.15, -0.1) is 12.4 Å². The molecule has 0 unspecified atom stereocenters. The summed E-state index contributed by atoms with van der Waals surface area (Å²) in [5, 5.41) is 5.34. The molecule has 2 aliphatic carbocycles. The molecule has 2 amide bonds. The number of ether oxygens (including phenoxy) is 2. The third-order valence-electron chi connectivity index (χ3n) is 6.93. The molecule has 5 rings (SSSR count). The van der Waals surface area contributed by atoms with E-state index in [1.165, 1.54) is 24.3 Å². The first kappa shape index (κ1) is 32.1. The van der Waals surface area contributed by atoms with Crippen molar-refractivity contribution >= 4 is 24.2 Å². The standard InChI is InChI=1S/C29H30F4N4O5.ClH/c1-14(34)25-24(27(39)36-21(12-35-26(38)16-4-5-16)19-8-7-18(30)11-20(19)31)37-28(42-25)17-6-9-22(41-29(32)33)23(10-17)40-13-15-2-3-15;/h6-11,14-16,21,29H,2-5,12-13,34H2,1H3,(H,35,38)(H,36,39);1H/t14-,21-;/m0./s1. The second kappa shape index (κ2) is 13.6. The predicted octanol–water partition coefficient (Wildman–Crippen LogP) is 5.45. The van der Waals surface area contributed by atoms with Gasteiger partial charge in [-0.2, -0.15) is 8.78 Å². The fraction of sp³-hybridized carbons (Fsp3) is 0.414. The van der Waals surface area contributed by atoms with E-state index < -0.39 is 36.2 Å². The number of alkyl halides is 2. The Morgan fingerprint density at radius 2 is 1.84 bits per heavy atom. The van der Waals surface area contributed by atoms with Gasteiger partial charge in [0.15, 0.2) is 23.0 Å². The summed E-state index contributed by atoms with van der Waals surface area (Å²) in [6.45, 7) is -1.33. The molecule has 2 atom stereocenters. The molecule has 2 aromatic carbocycles. The van der Waals surface area contributed by atoms with E-state index in [1.54, 1.807) is 6.92 Å². The highest BCUT2D eigenvalue weighted by molar-refractivity contribution is 5.94. The third kappa shape index (κ3) is 8.17. The number of halogens is 5. The van der Waals surface area contributed by atoms with Gasteiger partial charge in [0.25, 0.3) is 5.91 Å². The van der Waals surface area contributed by atoms with Crippen molar-refractivity contribution in [3.63, 3.8) is 0 Å². The first-order valence-electron chi connectivity index (χ1n) is 13.6. The van der Waals surface area contributed by atoms with Gasteiger partial charge >= 0.3 is 6.61 Å². The van der Waals surface area contributed by atoms with Crippen LogP contribution in [0.3, 0.4) is 0 Å². The van der Waals surface area contributed by atoms with E-state index in [0.717, 1.165) is 31.7 Å². The van der Waals surface area contributed by atoms with Crippen molar-refractivity contribution in [2.45, 2.75) is 51.3 Å². The molecule has 9 nitrogen and oxygen atoms in total. The molecule has 0 radical (unpaired) electrons. The number of benzene rings is 2. The average Bonchev–Trinajstić information content (AvgIpc) is 3.88. The zero-order chi connectivity index (χ0) is 30.0. The Hall–Kier alpha value is -3.84. The van der Waals surface area contributed by atoms with Crippen molar-refractivity contribution in [1.82, 2.24) is 15.6 Å². The highest BCUT2D eigenvalue weighted by Crippen LogP contribution is 2.37. The molecule has 1 aromatic heterocycles. The van der Waals surface area contributed by atoms with Gasteiger partial charge in [0.2, 0.25) is 11.8 Å². The van der Waals surface area contributed by atoms with E-state index >= 15 is 0 Å². The van der Waals surface area contributed by atoms with Crippen LogP contribution >= 0.6 is 12.4 Å². The molecule has 2 saturated carbocycles. The summed E-state index contributed by atoms with van der Waals surface area (Å²) in [4.78, 5) is 30.0. The number of amides is 2. The highest BCUT2D eigenvalue weighted by Gasteiger charge is 2.32. The Kier molecular flexibility index (Phi) is 10.2. The number of rotatable bonds is 13. The van der Waals surface area contributed by atoms with Gasteiger partial charge in [-0.25, -0.2) is 13.8 Å². The number of nitrogens with two attached hydrogens (primary N) is 1. The summed E-state index contributed by atoms with van der Waals surface area (Å²) in [6, 6.07) is 5.17. The molecule has 1 heterocycles. The Balaban J connectivity index is 0.00000423. The fourth-order valence-corrected chi connectivity index (χ4v) is 4.31. The summed E-state index contributed by atoms with van der Waals surface area (Å²) in [5.74, 6) is -2.64. The van der Waals surface area contributed by atoms with Gasteiger partial charge in [-0.05, 0) is 62.8 Å². The van der Waals surface area contributed by atoms with Crippen LogP contribution in [0, 0.1) is 23.5 Å². The van der Waals surface area contributed by atoms with Crippen molar-refractivity contribution in [3.05, 3.63) is 65.1 Å². The van der Waals surface area contributed by atoms with Crippen LogP contribution < -0.4 is 25.8 Å². The number of carbonyl (C=O) groups is 2. The second-order valence-electron chi connectivity index (χ2n) is 10.5. The molecule has 232 valence electrons. The zero-order valence-corrected chi connectivity index (χ0v) is 23.9. The number of aromatic nitrogens is 1. The van der Waals surface area contributed by atoms with Gasteiger partial charge < -0.3 is 30.3 Å². The quantitative estimate of drug-likeness (QED) is 0.215. The molecule has 0 aliphatic heterocycles. The maximum Gasteiger partial charge on any atom is 0.387 e. The fourth-order valence-electron chi connectivity index (χ4n) is 4.31.